The van der Waals surface area contributed by atoms with Crippen molar-refractivity contribution < 1.29 is 38.4 Å². The van der Waals surface area contributed by atoms with E-state index < -0.39 is 48.4 Å². The normalized spacial score (nSPS) is 14.0. The van der Waals surface area contributed by atoms with E-state index in [1.54, 1.807) is 45.0 Å². The van der Waals surface area contributed by atoms with Crippen molar-refractivity contribution in [2.24, 2.45) is 0 Å². The van der Waals surface area contributed by atoms with Crippen LogP contribution in [0.5, 0.6) is 0 Å². The maximum Gasteiger partial charge on any atom is 0.339 e. The van der Waals surface area contributed by atoms with E-state index in [2.05, 4.69) is 0 Å². The molecule has 0 aliphatic rings. The third kappa shape index (κ3) is 9.32. The highest BCUT2D eigenvalue weighted by molar-refractivity contribution is 5.85. The number of esters is 2. The summed E-state index contributed by atoms with van der Waals surface area (Å²) < 4.78 is 22.4. The number of allylic oxidation sites excluding steroid dienone is 1. The van der Waals surface area contributed by atoms with Gasteiger partial charge in [-0.3, -0.25) is 0 Å². The zero-order valence-electron chi connectivity index (χ0n) is 23.2. The molecule has 0 fully saturated rings. The predicted molar refractivity (Wildman–Crippen MR) is 150 cm³/mol. The van der Waals surface area contributed by atoms with Gasteiger partial charge >= 0.3 is 17.9 Å². The number of carbonyl (C=O) groups excluding carboxylic acids is 2. The summed E-state index contributed by atoms with van der Waals surface area (Å²) in [6.45, 7) is 6.13. The Bertz CT molecular complexity index is 1310. The first-order chi connectivity index (χ1) is 19.1. The Hall–Kier alpha value is -4.01. The SMILES string of the molecule is CC=CCC(O[C@@H](C(=O)OCc1ccccc1)[C@@H](OCC(=O)OC(C)(C)C)C(=O)O)c1ccc2ccccc2c1. The summed E-state index contributed by atoms with van der Waals surface area (Å²) in [6, 6.07) is 22.5. The molecular formula is C32H36O8. The largest absolute Gasteiger partial charge is 0.479 e. The van der Waals surface area contributed by atoms with E-state index in [4.69, 9.17) is 18.9 Å². The monoisotopic (exact) mass is 548 g/mol. The molecule has 1 unspecified atom stereocenters. The van der Waals surface area contributed by atoms with Crippen LogP contribution in [0.15, 0.2) is 84.9 Å². The number of carbonyl (C=O) groups is 3. The van der Waals surface area contributed by atoms with E-state index in [0.717, 1.165) is 21.9 Å². The minimum Gasteiger partial charge on any atom is -0.479 e. The summed E-state index contributed by atoms with van der Waals surface area (Å²) in [5, 5.41) is 12.0. The van der Waals surface area contributed by atoms with Crippen LogP contribution in [0.4, 0.5) is 0 Å². The number of hydrogen-bond acceptors (Lipinski definition) is 7. The lowest BCUT2D eigenvalue weighted by Gasteiger charge is -2.28. The number of carboxylic acids is 1. The van der Waals surface area contributed by atoms with Crippen LogP contribution < -0.4 is 0 Å². The van der Waals surface area contributed by atoms with Crippen molar-refractivity contribution in [3.63, 3.8) is 0 Å². The van der Waals surface area contributed by atoms with Gasteiger partial charge in [-0.05, 0) is 62.1 Å². The van der Waals surface area contributed by atoms with Crippen molar-refractivity contribution in [2.75, 3.05) is 6.61 Å². The molecular weight excluding hydrogens is 512 g/mol. The second-order valence-corrected chi connectivity index (χ2v) is 10.2. The number of rotatable bonds is 13. The van der Waals surface area contributed by atoms with E-state index in [9.17, 15) is 19.5 Å². The molecule has 3 aromatic carbocycles. The summed E-state index contributed by atoms with van der Waals surface area (Å²) >= 11 is 0. The van der Waals surface area contributed by atoms with E-state index in [1.165, 1.54) is 0 Å². The smallest absolute Gasteiger partial charge is 0.339 e. The maximum atomic E-state index is 13.4. The Morgan fingerprint density at radius 1 is 0.900 bits per heavy atom. The fraction of sp³-hybridized carbons (Fsp3) is 0.344. The van der Waals surface area contributed by atoms with Crippen molar-refractivity contribution in [1.29, 1.82) is 0 Å². The summed E-state index contributed by atoms with van der Waals surface area (Å²) in [7, 11) is 0. The van der Waals surface area contributed by atoms with Gasteiger partial charge in [0.05, 0.1) is 6.10 Å². The number of fused-ring (bicyclic) bond motifs is 1. The van der Waals surface area contributed by atoms with Crippen LogP contribution in [-0.2, 0) is 39.9 Å². The Morgan fingerprint density at radius 2 is 1.57 bits per heavy atom. The minimum absolute atomic E-state index is 0.0898. The zero-order valence-corrected chi connectivity index (χ0v) is 23.2. The van der Waals surface area contributed by atoms with Gasteiger partial charge in [-0.1, -0.05) is 78.9 Å². The molecule has 3 aromatic rings. The van der Waals surface area contributed by atoms with Gasteiger partial charge in [-0.25, -0.2) is 14.4 Å². The summed E-state index contributed by atoms with van der Waals surface area (Å²) in [4.78, 5) is 38.0. The van der Waals surface area contributed by atoms with E-state index in [1.807, 2.05) is 67.6 Å². The molecule has 0 bridgehead atoms. The van der Waals surface area contributed by atoms with Crippen LogP contribution in [0, 0.1) is 0 Å². The average molecular weight is 549 g/mol. The summed E-state index contributed by atoms with van der Waals surface area (Å²) in [6.07, 6.45) is -0.149. The third-order valence-electron chi connectivity index (χ3n) is 5.82. The number of hydrogen-bond donors (Lipinski definition) is 1. The molecule has 212 valence electrons. The predicted octanol–water partition coefficient (Wildman–Crippen LogP) is 5.79. The van der Waals surface area contributed by atoms with E-state index in [-0.39, 0.29) is 6.61 Å². The van der Waals surface area contributed by atoms with Gasteiger partial charge in [0.2, 0.25) is 0 Å². The molecule has 1 N–H and O–H groups in total. The minimum atomic E-state index is -1.83. The molecule has 0 aliphatic carbocycles. The molecule has 0 spiro atoms. The molecule has 0 aliphatic heterocycles. The number of benzene rings is 3. The first kappa shape index (κ1) is 30.5. The molecule has 0 saturated heterocycles. The highest BCUT2D eigenvalue weighted by atomic mass is 16.6. The van der Waals surface area contributed by atoms with Crippen LogP contribution in [-0.4, -0.2) is 47.4 Å². The molecule has 8 heteroatoms. The molecule has 0 amide bonds. The Kier molecular flexibility index (Phi) is 11.0. The van der Waals surface area contributed by atoms with E-state index in [0.29, 0.717) is 6.42 Å². The summed E-state index contributed by atoms with van der Waals surface area (Å²) in [5.41, 5.74) is 0.669. The molecule has 0 aromatic heterocycles. The van der Waals surface area contributed by atoms with Crippen molar-refractivity contribution in [2.45, 2.75) is 64.6 Å². The Labute approximate surface area is 234 Å². The van der Waals surface area contributed by atoms with Crippen LogP contribution in [0.2, 0.25) is 0 Å². The standard InChI is InChI=1S/C32H36O8/c1-5-6-16-26(25-18-17-23-14-10-11-15-24(23)19-25)39-29(31(36)38-20-22-12-8-7-9-13-22)28(30(34)35)37-21-27(33)40-32(2,3)4/h5-15,17-19,26,28-29H,16,20-21H2,1-4H3,(H,34,35)/t26?,28-,29-/m1/s1. The topological polar surface area (TPSA) is 108 Å². The van der Waals surface area contributed by atoms with Crippen LogP contribution in [0.3, 0.4) is 0 Å². The highest BCUT2D eigenvalue weighted by Gasteiger charge is 2.40. The van der Waals surface area contributed by atoms with Gasteiger partial charge in [0.15, 0.2) is 12.2 Å². The van der Waals surface area contributed by atoms with E-state index >= 15 is 0 Å². The second-order valence-electron chi connectivity index (χ2n) is 10.2. The van der Waals surface area contributed by atoms with Crippen molar-refractivity contribution in [3.8, 4) is 0 Å². The van der Waals surface area contributed by atoms with Gasteiger partial charge in [-0.2, -0.15) is 0 Å². The first-order valence-electron chi connectivity index (χ1n) is 13.1. The average Bonchev–Trinajstić information content (AvgIpc) is 2.92. The molecule has 40 heavy (non-hydrogen) atoms. The van der Waals surface area contributed by atoms with Gasteiger partial charge in [0.1, 0.15) is 18.8 Å². The van der Waals surface area contributed by atoms with Gasteiger partial charge < -0.3 is 24.1 Å². The number of aliphatic carboxylic acids is 1. The first-order valence-corrected chi connectivity index (χ1v) is 13.1. The second kappa shape index (κ2) is 14.4. The third-order valence-corrected chi connectivity index (χ3v) is 5.82. The Morgan fingerprint density at radius 3 is 2.23 bits per heavy atom. The maximum absolute atomic E-state index is 13.4. The van der Waals surface area contributed by atoms with Crippen molar-refractivity contribution >= 4 is 28.7 Å². The quantitative estimate of drug-likeness (QED) is 0.211. The van der Waals surface area contributed by atoms with Gasteiger partial charge in [0.25, 0.3) is 0 Å². The van der Waals surface area contributed by atoms with Crippen LogP contribution in [0.25, 0.3) is 10.8 Å². The van der Waals surface area contributed by atoms with Crippen LogP contribution in [0.1, 0.15) is 51.3 Å². The molecule has 0 radical (unpaired) electrons. The highest BCUT2D eigenvalue weighted by Crippen LogP contribution is 2.29. The molecule has 3 rings (SSSR count). The van der Waals surface area contributed by atoms with Crippen molar-refractivity contribution in [1.82, 2.24) is 0 Å². The molecule has 0 saturated carbocycles. The fourth-order valence-corrected chi connectivity index (χ4v) is 3.99. The molecule has 0 heterocycles. The lowest BCUT2D eigenvalue weighted by molar-refractivity contribution is -0.191. The summed E-state index contributed by atoms with van der Waals surface area (Å²) in [5.74, 6) is -3.17. The van der Waals surface area contributed by atoms with Gasteiger partial charge in [-0.15, -0.1) is 0 Å². The molecule has 3 atom stereocenters. The fourth-order valence-electron chi connectivity index (χ4n) is 3.99. The number of carboxylic acid groups (broad SMARTS) is 1. The number of ether oxygens (including phenoxy) is 4. The lowest BCUT2D eigenvalue weighted by atomic mass is 10.0. The Balaban J connectivity index is 1.91. The lowest BCUT2D eigenvalue weighted by Crippen LogP contribution is -2.46. The van der Waals surface area contributed by atoms with Crippen LogP contribution >= 0.6 is 0 Å². The molecule has 8 nitrogen and oxygen atoms in total. The van der Waals surface area contributed by atoms with Crippen molar-refractivity contribution in [3.05, 3.63) is 96.1 Å². The zero-order chi connectivity index (χ0) is 29.1. The van der Waals surface area contributed by atoms with Gasteiger partial charge in [0, 0.05) is 0 Å².